The summed E-state index contributed by atoms with van der Waals surface area (Å²) in [5, 5.41) is 20.6. The molecule has 0 radical (unpaired) electrons. The van der Waals surface area contributed by atoms with Crippen molar-refractivity contribution in [3.05, 3.63) is 35.8 Å². The van der Waals surface area contributed by atoms with Gasteiger partial charge < -0.3 is 15.0 Å². The summed E-state index contributed by atoms with van der Waals surface area (Å²) >= 11 is 0. The Hall–Kier alpha value is -2.97. The number of anilines is 1. The van der Waals surface area contributed by atoms with E-state index in [0.29, 0.717) is 18.1 Å². The van der Waals surface area contributed by atoms with Gasteiger partial charge in [-0.05, 0) is 0 Å². The first-order chi connectivity index (χ1) is 11.0. The van der Waals surface area contributed by atoms with Gasteiger partial charge in [0.25, 0.3) is 0 Å². The molecule has 0 saturated carbocycles. The molecule has 0 amide bonds. The largest absolute Gasteiger partial charge is 0.477 e. The molecule has 3 rings (SSSR count). The predicted octanol–water partition coefficient (Wildman–Crippen LogP) is 1.29. The highest BCUT2D eigenvalue weighted by Gasteiger charge is 2.14. The van der Waals surface area contributed by atoms with Crippen LogP contribution in [-0.4, -0.2) is 40.2 Å². The normalized spacial score (nSPS) is 11.3. The van der Waals surface area contributed by atoms with E-state index < -0.39 is 5.97 Å². The number of carbonyl (C=O) groups is 1. The molecule has 2 N–H and O–H groups in total. The third-order valence-corrected chi connectivity index (χ3v) is 3.53. The Morgan fingerprint density at radius 3 is 2.83 bits per heavy atom. The van der Waals surface area contributed by atoms with Crippen LogP contribution in [0.25, 0.3) is 5.65 Å². The second-order valence-corrected chi connectivity index (χ2v) is 5.47. The second-order valence-electron chi connectivity index (χ2n) is 5.47. The van der Waals surface area contributed by atoms with Crippen molar-refractivity contribution in [1.82, 2.24) is 29.1 Å². The fourth-order valence-corrected chi connectivity index (χ4v) is 2.35. The first-order valence-electron chi connectivity index (χ1n) is 7.16. The molecule has 3 aromatic rings. The molecule has 0 bridgehead atoms. The van der Waals surface area contributed by atoms with Crippen LogP contribution in [0.5, 0.6) is 0 Å². The first kappa shape index (κ1) is 14.9. The average Bonchev–Trinajstić information content (AvgIpc) is 3.11. The van der Waals surface area contributed by atoms with Gasteiger partial charge in [0.05, 0.1) is 6.54 Å². The Morgan fingerprint density at radius 1 is 1.39 bits per heavy atom. The number of carboxylic acid groups (broad SMARTS) is 1. The van der Waals surface area contributed by atoms with Crippen LogP contribution in [0.4, 0.5) is 5.95 Å². The lowest BCUT2D eigenvalue weighted by Gasteiger charge is -2.10. The van der Waals surface area contributed by atoms with Crippen molar-refractivity contribution in [1.29, 1.82) is 0 Å². The molecule has 0 saturated heterocycles. The van der Waals surface area contributed by atoms with Crippen molar-refractivity contribution in [2.45, 2.75) is 26.3 Å². The van der Waals surface area contributed by atoms with Crippen molar-refractivity contribution >= 4 is 17.6 Å². The van der Waals surface area contributed by atoms with E-state index in [9.17, 15) is 4.79 Å². The standard InChI is InChI=1S/C14H17N7O2/c1-8(2)12-19-18-11(20(12)3)7-16-14-17-9(13(22)23)6-10-15-4-5-21(10)14/h4-6,8H,7H2,1-3H3,(H,16,17)(H,22,23). The van der Waals surface area contributed by atoms with E-state index in [1.54, 1.807) is 16.8 Å². The number of aromatic carboxylic acids is 1. The third kappa shape index (κ3) is 2.72. The Bertz CT molecular complexity index is 865. The highest BCUT2D eigenvalue weighted by molar-refractivity contribution is 5.87. The zero-order valence-corrected chi connectivity index (χ0v) is 13.1. The molecule has 3 aromatic heterocycles. The second kappa shape index (κ2) is 5.67. The maximum Gasteiger partial charge on any atom is 0.354 e. The summed E-state index contributed by atoms with van der Waals surface area (Å²) in [6.07, 6.45) is 3.31. The third-order valence-electron chi connectivity index (χ3n) is 3.53. The van der Waals surface area contributed by atoms with Crippen molar-refractivity contribution in [3.8, 4) is 0 Å². The van der Waals surface area contributed by atoms with Gasteiger partial charge >= 0.3 is 5.97 Å². The van der Waals surface area contributed by atoms with Crippen LogP contribution in [-0.2, 0) is 13.6 Å². The van der Waals surface area contributed by atoms with Gasteiger partial charge in [0.1, 0.15) is 11.5 Å². The Kier molecular flexibility index (Phi) is 3.68. The van der Waals surface area contributed by atoms with Gasteiger partial charge in [0, 0.05) is 31.4 Å². The van der Waals surface area contributed by atoms with Crippen LogP contribution in [0, 0.1) is 0 Å². The molecule has 9 nitrogen and oxygen atoms in total. The Labute approximate surface area is 132 Å². The number of hydrogen-bond acceptors (Lipinski definition) is 6. The van der Waals surface area contributed by atoms with Crippen LogP contribution in [0.2, 0.25) is 0 Å². The molecular weight excluding hydrogens is 298 g/mol. The van der Waals surface area contributed by atoms with Crippen LogP contribution >= 0.6 is 0 Å². The van der Waals surface area contributed by atoms with Crippen molar-refractivity contribution < 1.29 is 9.90 Å². The summed E-state index contributed by atoms with van der Waals surface area (Å²) in [5.41, 5.74) is 0.452. The summed E-state index contributed by atoms with van der Waals surface area (Å²) < 4.78 is 3.61. The first-order valence-corrected chi connectivity index (χ1v) is 7.16. The van der Waals surface area contributed by atoms with Crippen LogP contribution in [0.3, 0.4) is 0 Å². The number of imidazole rings is 1. The topological polar surface area (TPSA) is 110 Å². The summed E-state index contributed by atoms with van der Waals surface area (Å²) in [4.78, 5) is 19.4. The SMILES string of the molecule is CC(C)c1nnc(CNc2nc(C(=O)O)cc3nccn23)n1C. The fraction of sp³-hybridized carbons (Fsp3) is 0.357. The lowest BCUT2D eigenvalue weighted by molar-refractivity contribution is 0.0690. The molecule has 0 aliphatic heterocycles. The van der Waals surface area contributed by atoms with E-state index in [1.807, 2.05) is 25.5 Å². The van der Waals surface area contributed by atoms with Crippen LogP contribution in [0.15, 0.2) is 18.5 Å². The molecule has 120 valence electrons. The van der Waals surface area contributed by atoms with Gasteiger partial charge in [0.2, 0.25) is 5.95 Å². The maximum absolute atomic E-state index is 11.2. The molecule has 0 aliphatic carbocycles. The Morgan fingerprint density at radius 2 is 2.17 bits per heavy atom. The van der Waals surface area contributed by atoms with E-state index in [4.69, 9.17) is 5.11 Å². The van der Waals surface area contributed by atoms with Gasteiger partial charge in [-0.1, -0.05) is 13.8 Å². The molecular formula is C14H17N7O2. The Balaban J connectivity index is 1.90. The summed E-state index contributed by atoms with van der Waals surface area (Å²) in [5.74, 6) is 1.20. The molecule has 23 heavy (non-hydrogen) atoms. The highest BCUT2D eigenvalue weighted by atomic mass is 16.4. The predicted molar refractivity (Wildman–Crippen MR) is 82.4 cm³/mol. The molecule has 0 aliphatic rings. The highest BCUT2D eigenvalue weighted by Crippen LogP contribution is 2.14. The van der Waals surface area contributed by atoms with E-state index in [2.05, 4.69) is 25.5 Å². The van der Waals surface area contributed by atoms with Crippen molar-refractivity contribution in [2.75, 3.05) is 5.32 Å². The zero-order valence-electron chi connectivity index (χ0n) is 13.1. The van der Waals surface area contributed by atoms with Gasteiger partial charge in [-0.15, -0.1) is 10.2 Å². The summed E-state index contributed by atoms with van der Waals surface area (Å²) in [6.45, 7) is 4.47. The molecule has 0 fully saturated rings. The summed E-state index contributed by atoms with van der Waals surface area (Å²) in [6, 6.07) is 1.42. The minimum atomic E-state index is -1.10. The number of carboxylic acids is 1. The van der Waals surface area contributed by atoms with Crippen LogP contribution in [0.1, 0.15) is 41.9 Å². The van der Waals surface area contributed by atoms with Gasteiger partial charge in [0.15, 0.2) is 11.5 Å². The lowest BCUT2D eigenvalue weighted by Crippen LogP contribution is -2.13. The molecule has 3 heterocycles. The molecule has 0 spiro atoms. The molecule has 0 aromatic carbocycles. The number of nitrogens with one attached hydrogen (secondary N) is 1. The lowest BCUT2D eigenvalue weighted by atomic mass is 10.2. The molecule has 0 atom stereocenters. The molecule has 9 heteroatoms. The van der Waals surface area contributed by atoms with E-state index in [1.165, 1.54) is 6.07 Å². The number of hydrogen-bond donors (Lipinski definition) is 2. The zero-order chi connectivity index (χ0) is 16.6. The van der Waals surface area contributed by atoms with E-state index in [0.717, 1.165) is 11.6 Å². The van der Waals surface area contributed by atoms with Crippen LogP contribution < -0.4 is 5.32 Å². The maximum atomic E-state index is 11.2. The van der Waals surface area contributed by atoms with Gasteiger partial charge in [-0.25, -0.2) is 14.8 Å². The number of aromatic nitrogens is 6. The van der Waals surface area contributed by atoms with E-state index >= 15 is 0 Å². The van der Waals surface area contributed by atoms with Gasteiger partial charge in [-0.2, -0.15) is 0 Å². The molecule has 0 unspecified atom stereocenters. The summed E-state index contributed by atoms with van der Waals surface area (Å²) in [7, 11) is 1.90. The number of nitrogens with zero attached hydrogens (tertiary/aromatic N) is 6. The van der Waals surface area contributed by atoms with Crippen molar-refractivity contribution in [3.63, 3.8) is 0 Å². The van der Waals surface area contributed by atoms with Gasteiger partial charge in [-0.3, -0.25) is 4.40 Å². The smallest absolute Gasteiger partial charge is 0.354 e. The van der Waals surface area contributed by atoms with Crippen molar-refractivity contribution in [2.24, 2.45) is 7.05 Å². The average molecular weight is 315 g/mol. The number of fused-ring (bicyclic) bond motifs is 1. The fourth-order valence-electron chi connectivity index (χ4n) is 2.35. The minimum absolute atomic E-state index is 0.0629. The monoisotopic (exact) mass is 315 g/mol. The minimum Gasteiger partial charge on any atom is -0.477 e. The van der Waals surface area contributed by atoms with E-state index in [-0.39, 0.29) is 11.6 Å². The number of rotatable bonds is 5. The quantitative estimate of drug-likeness (QED) is 0.730.